The Morgan fingerprint density at radius 3 is 2.83 bits per heavy atom. The van der Waals surface area contributed by atoms with Crippen LogP contribution in [0.2, 0.25) is 0 Å². The monoisotopic (exact) mass is 264 g/mol. The van der Waals surface area contributed by atoms with Crippen LogP contribution in [0.4, 0.5) is 0 Å². The Hall–Kier alpha value is -1.25. The SMILES string of the molecule is C=CCNCc1cn(CCC)c2ccccc12.Cl. The zero-order chi connectivity index (χ0) is 12.1. The lowest BCUT2D eigenvalue weighted by molar-refractivity contribution is 0.694. The van der Waals surface area contributed by atoms with Crippen LogP contribution < -0.4 is 5.32 Å². The molecule has 0 radical (unpaired) electrons. The summed E-state index contributed by atoms with van der Waals surface area (Å²) in [5, 5.41) is 4.73. The number of hydrogen-bond acceptors (Lipinski definition) is 1. The van der Waals surface area contributed by atoms with Gasteiger partial charge in [-0.2, -0.15) is 0 Å². The van der Waals surface area contributed by atoms with Gasteiger partial charge in [0, 0.05) is 36.7 Å². The Morgan fingerprint density at radius 1 is 1.33 bits per heavy atom. The van der Waals surface area contributed by atoms with Gasteiger partial charge in [-0.25, -0.2) is 0 Å². The molecule has 0 bridgehead atoms. The summed E-state index contributed by atoms with van der Waals surface area (Å²) < 4.78 is 2.35. The Balaban J connectivity index is 0.00000162. The summed E-state index contributed by atoms with van der Waals surface area (Å²) >= 11 is 0. The molecule has 0 fully saturated rings. The number of para-hydroxylation sites is 1. The number of aryl methyl sites for hydroxylation is 1. The van der Waals surface area contributed by atoms with Crippen molar-refractivity contribution in [1.82, 2.24) is 9.88 Å². The van der Waals surface area contributed by atoms with Gasteiger partial charge in [0.1, 0.15) is 0 Å². The van der Waals surface area contributed by atoms with E-state index in [1.807, 2.05) is 6.08 Å². The molecule has 1 aromatic heterocycles. The topological polar surface area (TPSA) is 17.0 Å². The van der Waals surface area contributed by atoms with E-state index in [1.165, 1.54) is 16.5 Å². The summed E-state index contributed by atoms with van der Waals surface area (Å²) in [5.74, 6) is 0. The number of benzene rings is 1. The molecule has 0 saturated heterocycles. The highest BCUT2D eigenvalue weighted by atomic mass is 35.5. The minimum absolute atomic E-state index is 0. The highest BCUT2D eigenvalue weighted by Gasteiger charge is 2.06. The molecule has 2 rings (SSSR count). The Morgan fingerprint density at radius 2 is 2.11 bits per heavy atom. The number of fused-ring (bicyclic) bond motifs is 1. The van der Waals surface area contributed by atoms with Crippen LogP contribution in [0.1, 0.15) is 18.9 Å². The molecule has 2 aromatic rings. The number of rotatable bonds is 6. The highest BCUT2D eigenvalue weighted by molar-refractivity contribution is 5.85. The second kappa shape index (κ2) is 7.24. The van der Waals surface area contributed by atoms with Gasteiger partial charge in [0.05, 0.1) is 0 Å². The second-order valence-electron chi connectivity index (χ2n) is 4.28. The lowest BCUT2D eigenvalue weighted by Crippen LogP contribution is -2.12. The van der Waals surface area contributed by atoms with E-state index in [0.717, 1.165) is 26.1 Å². The van der Waals surface area contributed by atoms with E-state index in [4.69, 9.17) is 0 Å². The standard InChI is InChI=1S/C15H20N2.ClH/c1-3-9-16-11-13-12-17(10-4-2)15-8-6-5-7-14(13)15;/h3,5-8,12,16H,1,4,9-11H2,2H3;1H. The lowest BCUT2D eigenvalue weighted by Gasteiger charge is -2.01. The fourth-order valence-electron chi connectivity index (χ4n) is 2.20. The van der Waals surface area contributed by atoms with Crippen LogP contribution in [0, 0.1) is 0 Å². The minimum atomic E-state index is 0. The summed E-state index contributed by atoms with van der Waals surface area (Å²) in [4.78, 5) is 0. The molecule has 0 aliphatic carbocycles. The van der Waals surface area contributed by atoms with Crippen LogP contribution in [0.25, 0.3) is 10.9 Å². The number of halogens is 1. The van der Waals surface area contributed by atoms with Crippen molar-refractivity contribution in [2.45, 2.75) is 26.4 Å². The van der Waals surface area contributed by atoms with E-state index < -0.39 is 0 Å². The molecule has 0 aliphatic heterocycles. The molecule has 98 valence electrons. The molecule has 1 N–H and O–H groups in total. The van der Waals surface area contributed by atoms with Gasteiger partial charge < -0.3 is 9.88 Å². The molecule has 2 nitrogen and oxygen atoms in total. The van der Waals surface area contributed by atoms with Gasteiger partial charge in [0.2, 0.25) is 0 Å². The van der Waals surface area contributed by atoms with E-state index in [9.17, 15) is 0 Å². The van der Waals surface area contributed by atoms with Gasteiger partial charge in [-0.15, -0.1) is 19.0 Å². The zero-order valence-electron chi connectivity index (χ0n) is 10.9. The third kappa shape index (κ3) is 3.15. The summed E-state index contributed by atoms with van der Waals surface area (Å²) in [6, 6.07) is 8.61. The van der Waals surface area contributed by atoms with Crippen LogP contribution in [0.3, 0.4) is 0 Å². The van der Waals surface area contributed by atoms with Crippen LogP contribution >= 0.6 is 12.4 Å². The molecule has 18 heavy (non-hydrogen) atoms. The normalized spacial score (nSPS) is 10.3. The largest absolute Gasteiger partial charge is 0.347 e. The Kier molecular flexibility index (Phi) is 5.96. The molecule has 0 unspecified atom stereocenters. The summed E-state index contributed by atoms with van der Waals surface area (Å²) in [6.07, 6.45) is 5.33. The van der Waals surface area contributed by atoms with Crippen molar-refractivity contribution in [3.63, 3.8) is 0 Å². The van der Waals surface area contributed by atoms with Gasteiger partial charge in [-0.1, -0.05) is 31.2 Å². The van der Waals surface area contributed by atoms with Crippen molar-refractivity contribution >= 4 is 23.3 Å². The molecule has 3 heteroatoms. The maximum Gasteiger partial charge on any atom is 0.0483 e. The first-order chi connectivity index (χ1) is 8.36. The van der Waals surface area contributed by atoms with Crippen molar-refractivity contribution in [2.24, 2.45) is 0 Å². The Labute approximate surface area is 115 Å². The summed E-state index contributed by atoms with van der Waals surface area (Å²) in [7, 11) is 0. The molecular weight excluding hydrogens is 244 g/mol. The van der Waals surface area contributed by atoms with E-state index in [-0.39, 0.29) is 12.4 Å². The highest BCUT2D eigenvalue weighted by Crippen LogP contribution is 2.21. The van der Waals surface area contributed by atoms with E-state index in [0.29, 0.717) is 0 Å². The molecule has 0 atom stereocenters. The zero-order valence-corrected chi connectivity index (χ0v) is 11.7. The van der Waals surface area contributed by atoms with Gasteiger partial charge in [0.25, 0.3) is 0 Å². The van der Waals surface area contributed by atoms with Crippen molar-refractivity contribution in [3.8, 4) is 0 Å². The fourth-order valence-corrected chi connectivity index (χ4v) is 2.20. The third-order valence-corrected chi connectivity index (χ3v) is 2.94. The van der Waals surface area contributed by atoms with Crippen LogP contribution in [-0.4, -0.2) is 11.1 Å². The second-order valence-corrected chi connectivity index (χ2v) is 4.28. The van der Waals surface area contributed by atoms with Crippen LogP contribution in [0.5, 0.6) is 0 Å². The average Bonchev–Trinajstić information content (AvgIpc) is 2.70. The predicted molar refractivity (Wildman–Crippen MR) is 81.4 cm³/mol. The van der Waals surface area contributed by atoms with Crippen molar-refractivity contribution in [1.29, 1.82) is 0 Å². The molecule has 0 saturated carbocycles. The first-order valence-corrected chi connectivity index (χ1v) is 6.25. The van der Waals surface area contributed by atoms with E-state index in [1.54, 1.807) is 0 Å². The predicted octanol–water partition coefficient (Wildman–Crippen LogP) is 3.75. The molecule has 1 aromatic carbocycles. The van der Waals surface area contributed by atoms with Crippen LogP contribution in [0.15, 0.2) is 43.1 Å². The van der Waals surface area contributed by atoms with Crippen molar-refractivity contribution in [3.05, 3.63) is 48.7 Å². The average molecular weight is 265 g/mol. The van der Waals surface area contributed by atoms with E-state index >= 15 is 0 Å². The summed E-state index contributed by atoms with van der Waals surface area (Å²) in [5.41, 5.74) is 2.71. The lowest BCUT2D eigenvalue weighted by atomic mass is 10.2. The number of nitrogens with one attached hydrogen (secondary N) is 1. The third-order valence-electron chi connectivity index (χ3n) is 2.94. The van der Waals surface area contributed by atoms with Gasteiger partial charge in [-0.05, 0) is 18.1 Å². The number of hydrogen-bond donors (Lipinski definition) is 1. The first kappa shape index (κ1) is 14.8. The molecule has 1 heterocycles. The maximum atomic E-state index is 3.72. The fraction of sp³-hybridized carbons (Fsp3) is 0.333. The van der Waals surface area contributed by atoms with Gasteiger partial charge >= 0.3 is 0 Å². The maximum absolute atomic E-state index is 3.72. The van der Waals surface area contributed by atoms with Crippen molar-refractivity contribution < 1.29 is 0 Å². The smallest absolute Gasteiger partial charge is 0.0483 e. The first-order valence-electron chi connectivity index (χ1n) is 6.25. The Bertz CT molecular complexity index is 502. The molecule has 0 amide bonds. The molecular formula is C15H21ClN2. The molecule has 0 spiro atoms. The number of nitrogens with zero attached hydrogens (tertiary/aromatic N) is 1. The minimum Gasteiger partial charge on any atom is -0.347 e. The van der Waals surface area contributed by atoms with E-state index in [2.05, 4.69) is 53.8 Å². The van der Waals surface area contributed by atoms with Crippen LogP contribution in [-0.2, 0) is 13.1 Å². The molecule has 0 aliphatic rings. The van der Waals surface area contributed by atoms with Crippen molar-refractivity contribution in [2.75, 3.05) is 6.54 Å². The van der Waals surface area contributed by atoms with Gasteiger partial charge in [-0.3, -0.25) is 0 Å². The quantitative estimate of drug-likeness (QED) is 0.621. The summed E-state index contributed by atoms with van der Waals surface area (Å²) in [6.45, 7) is 8.78. The van der Waals surface area contributed by atoms with Gasteiger partial charge in [0.15, 0.2) is 0 Å². The number of aromatic nitrogens is 1.